The molecule has 0 radical (unpaired) electrons. The number of hydrogen-bond donors (Lipinski definition) is 1. The van der Waals surface area contributed by atoms with Crippen LogP contribution in [0.25, 0.3) is 11.2 Å². The van der Waals surface area contributed by atoms with E-state index in [4.69, 9.17) is 11.6 Å². The molecule has 0 atom stereocenters. The van der Waals surface area contributed by atoms with Gasteiger partial charge in [-0.25, -0.2) is 4.79 Å². The van der Waals surface area contributed by atoms with Gasteiger partial charge in [-0.1, -0.05) is 10.3 Å². The van der Waals surface area contributed by atoms with Crippen molar-refractivity contribution in [3.63, 3.8) is 0 Å². The molecule has 2 heterocycles. The number of aromatic nitrogens is 4. The second-order valence-electron chi connectivity index (χ2n) is 4.39. The molecule has 0 unspecified atom stereocenters. The van der Waals surface area contributed by atoms with E-state index in [-0.39, 0.29) is 17.1 Å². The van der Waals surface area contributed by atoms with Crippen molar-refractivity contribution in [2.45, 2.75) is 6.92 Å². The average molecular weight is 314 g/mol. The van der Waals surface area contributed by atoms with Crippen molar-refractivity contribution in [2.75, 3.05) is 19.0 Å². The SMILES string of the molecule is CCN(CCCl)/N=N/c1nc2c([nH]1)c(=O)n(C)c(=O)n2C. The molecule has 0 fully saturated rings. The molecule has 0 spiro atoms. The van der Waals surface area contributed by atoms with E-state index in [2.05, 4.69) is 20.3 Å². The smallest absolute Gasteiger partial charge is 0.315 e. The Morgan fingerprint density at radius 3 is 2.67 bits per heavy atom. The lowest BCUT2D eigenvalue weighted by molar-refractivity contribution is 0.302. The summed E-state index contributed by atoms with van der Waals surface area (Å²) in [4.78, 5) is 30.7. The first-order valence-electron chi connectivity index (χ1n) is 6.37. The molecule has 0 aliphatic carbocycles. The van der Waals surface area contributed by atoms with Crippen LogP contribution in [0.15, 0.2) is 19.9 Å². The third-order valence-electron chi connectivity index (χ3n) is 3.06. The highest BCUT2D eigenvalue weighted by Gasteiger charge is 2.13. The van der Waals surface area contributed by atoms with E-state index in [0.717, 1.165) is 4.57 Å². The summed E-state index contributed by atoms with van der Waals surface area (Å²) in [6.45, 7) is 3.13. The number of aryl methyl sites for hydroxylation is 1. The summed E-state index contributed by atoms with van der Waals surface area (Å²) in [5.41, 5.74) is -0.429. The first kappa shape index (κ1) is 15.2. The van der Waals surface area contributed by atoms with Crippen molar-refractivity contribution in [2.24, 2.45) is 24.4 Å². The van der Waals surface area contributed by atoms with Gasteiger partial charge in [0.05, 0.1) is 6.54 Å². The van der Waals surface area contributed by atoms with Crippen LogP contribution in [-0.4, -0.2) is 43.1 Å². The van der Waals surface area contributed by atoms with E-state index in [1.807, 2.05) is 6.92 Å². The third-order valence-corrected chi connectivity index (χ3v) is 3.22. The van der Waals surface area contributed by atoms with Crippen molar-refractivity contribution in [3.8, 4) is 0 Å². The number of aromatic amines is 1. The topological polar surface area (TPSA) is 101 Å². The highest BCUT2D eigenvalue weighted by molar-refractivity contribution is 6.18. The Bertz CT molecular complexity index is 788. The third kappa shape index (κ3) is 2.82. The summed E-state index contributed by atoms with van der Waals surface area (Å²) in [5, 5.41) is 9.59. The molecule has 1 N–H and O–H groups in total. The predicted octanol–water partition coefficient (Wildman–Crippen LogP) is 0.520. The van der Waals surface area contributed by atoms with Gasteiger partial charge in [0.25, 0.3) is 11.5 Å². The summed E-state index contributed by atoms with van der Waals surface area (Å²) < 4.78 is 2.29. The van der Waals surface area contributed by atoms with E-state index >= 15 is 0 Å². The number of fused-ring (bicyclic) bond motifs is 1. The molecule has 10 heteroatoms. The number of imidazole rings is 1. The van der Waals surface area contributed by atoms with Crippen LogP contribution in [0.1, 0.15) is 6.92 Å². The molecule has 0 saturated carbocycles. The Morgan fingerprint density at radius 1 is 1.33 bits per heavy atom. The highest BCUT2D eigenvalue weighted by Crippen LogP contribution is 2.12. The minimum Gasteiger partial charge on any atom is -0.315 e. The number of nitrogens with zero attached hydrogens (tertiary/aromatic N) is 6. The van der Waals surface area contributed by atoms with Crippen LogP contribution in [0, 0.1) is 0 Å². The molecule has 0 bridgehead atoms. The van der Waals surface area contributed by atoms with Gasteiger partial charge >= 0.3 is 5.69 Å². The molecular formula is C11H16ClN7O2. The lowest BCUT2D eigenvalue weighted by Gasteiger charge is -2.11. The van der Waals surface area contributed by atoms with E-state index in [1.165, 1.54) is 18.7 Å². The summed E-state index contributed by atoms with van der Waals surface area (Å²) in [6.07, 6.45) is 0. The van der Waals surface area contributed by atoms with Gasteiger partial charge in [0.1, 0.15) is 0 Å². The average Bonchev–Trinajstić information content (AvgIpc) is 2.91. The van der Waals surface area contributed by atoms with Gasteiger partial charge in [0, 0.05) is 26.5 Å². The van der Waals surface area contributed by atoms with Gasteiger partial charge in [-0.3, -0.25) is 18.9 Å². The molecule has 0 aromatic carbocycles. The number of alkyl halides is 1. The maximum absolute atomic E-state index is 12.0. The fourth-order valence-corrected chi connectivity index (χ4v) is 2.03. The van der Waals surface area contributed by atoms with Crippen molar-refractivity contribution < 1.29 is 0 Å². The number of halogens is 1. The van der Waals surface area contributed by atoms with E-state index in [1.54, 1.807) is 5.01 Å². The van der Waals surface area contributed by atoms with Crippen LogP contribution >= 0.6 is 11.6 Å². The van der Waals surface area contributed by atoms with Crippen LogP contribution in [-0.2, 0) is 14.1 Å². The van der Waals surface area contributed by atoms with Crippen LogP contribution in [0.5, 0.6) is 0 Å². The van der Waals surface area contributed by atoms with Crippen LogP contribution < -0.4 is 11.2 Å². The standard InChI is InChI=1S/C11H16ClN7O2/c1-4-19(6-5-12)16-15-10-13-7-8(14-10)17(2)11(21)18(3)9(7)20/h4-6H2,1-3H3,(H,13,14)/b16-15+. The van der Waals surface area contributed by atoms with Crippen molar-refractivity contribution in [1.29, 1.82) is 0 Å². The minimum atomic E-state index is -0.449. The summed E-state index contributed by atoms with van der Waals surface area (Å²) in [5.74, 6) is 0.596. The Labute approximate surface area is 124 Å². The highest BCUT2D eigenvalue weighted by atomic mass is 35.5. The normalized spacial score (nSPS) is 11.6. The lowest BCUT2D eigenvalue weighted by atomic mass is 10.5. The summed E-state index contributed by atoms with van der Waals surface area (Å²) in [6, 6.07) is 0. The Hall–Kier alpha value is -2.16. The molecule has 2 rings (SSSR count). The van der Waals surface area contributed by atoms with Gasteiger partial charge in [0.15, 0.2) is 11.2 Å². The largest absolute Gasteiger partial charge is 0.332 e. The zero-order valence-electron chi connectivity index (χ0n) is 12.0. The number of nitrogens with one attached hydrogen (secondary N) is 1. The van der Waals surface area contributed by atoms with E-state index < -0.39 is 11.2 Å². The van der Waals surface area contributed by atoms with Gasteiger partial charge in [-0.2, -0.15) is 4.98 Å². The Morgan fingerprint density at radius 2 is 2.05 bits per heavy atom. The molecule has 21 heavy (non-hydrogen) atoms. The summed E-state index contributed by atoms with van der Waals surface area (Å²) >= 11 is 5.65. The minimum absolute atomic E-state index is 0.163. The second kappa shape index (κ2) is 6.08. The van der Waals surface area contributed by atoms with Gasteiger partial charge in [-0.05, 0) is 6.92 Å². The van der Waals surface area contributed by atoms with Crippen LogP contribution in [0.4, 0.5) is 5.95 Å². The molecule has 0 amide bonds. The molecule has 114 valence electrons. The van der Waals surface area contributed by atoms with Crippen LogP contribution in [0.2, 0.25) is 0 Å². The lowest BCUT2D eigenvalue weighted by Crippen LogP contribution is -2.36. The number of H-pyrrole nitrogens is 1. The van der Waals surface area contributed by atoms with Gasteiger partial charge in [0.2, 0.25) is 0 Å². The Balaban J connectivity index is 2.47. The first-order chi connectivity index (χ1) is 9.99. The quantitative estimate of drug-likeness (QED) is 0.494. The zero-order chi connectivity index (χ0) is 15.6. The van der Waals surface area contributed by atoms with Crippen molar-refractivity contribution >= 4 is 28.7 Å². The maximum atomic E-state index is 12.0. The van der Waals surface area contributed by atoms with Crippen molar-refractivity contribution in [1.82, 2.24) is 24.1 Å². The molecule has 2 aromatic heterocycles. The fourth-order valence-electron chi connectivity index (χ4n) is 1.83. The molecule has 2 aromatic rings. The fraction of sp³-hybridized carbons (Fsp3) is 0.545. The van der Waals surface area contributed by atoms with Gasteiger partial charge in [-0.15, -0.1) is 11.6 Å². The van der Waals surface area contributed by atoms with E-state index in [9.17, 15) is 9.59 Å². The monoisotopic (exact) mass is 313 g/mol. The van der Waals surface area contributed by atoms with E-state index in [0.29, 0.717) is 19.0 Å². The number of rotatable bonds is 5. The Kier molecular flexibility index (Phi) is 4.41. The summed E-state index contributed by atoms with van der Waals surface area (Å²) in [7, 11) is 2.95. The van der Waals surface area contributed by atoms with Gasteiger partial charge < -0.3 is 4.98 Å². The molecule has 0 aliphatic rings. The zero-order valence-corrected chi connectivity index (χ0v) is 12.8. The molecule has 0 aliphatic heterocycles. The first-order valence-corrected chi connectivity index (χ1v) is 6.91. The molecular weight excluding hydrogens is 298 g/mol. The maximum Gasteiger partial charge on any atom is 0.332 e. The number of hydrogen-bond acceptors (Lipinski definition) is 5. The molecule has 0 saturated heterocycles. The predicted molar refractivity (Wildman–Crippen MR) is 79.1 cm³/mol. The molecule has 9 nitrogen and oxygen atoms in total. The van der Waals surface area contributed by atoms with Crippen molar-refractivity contribution in [3.05, 3.63) is 20.8 Å². The van der Waals surface area contributed by atoms with Crippen LogP contribution in [0.3, 0.4) is 0 Å². The second-order valence-corrected chi connectivity index (χ2v) is 4.77.